The maximum Gasteiger partial charge on any atom is 0.338 e. The summed E-state index contributed by atoms with van der Waals surface area (Å²) in [5.41, 5.74) is 0.753. The van der Waals surface area contributed by atoms with E-state index >= 15 is 0 Å². The van der Waals surface area contributed by atoms with Crippen LogP contribution in [0, 0.1) is 11.8 Å². The fourth-order valence-electron chi connectivity index (χ4n) is 4.79. The predicted molar refractivity (Wildman–Crippen MR) is 153 cm³/mol. The van der Waals surface area contributed by atoms with Gasteiger partial charge >= 0.3 is 11.9 Å². The lowest BCUT2D eigenvalue weighted by Gasteiger charge is -2.19. The summed E-state index contributed by atoms with van der Waals surface area (Å²) in [6, 6.07) is 15.7. The molecule has 4 nitrogen and oxygen atoms in total. The Morgan fingerprint density at radius 2 is 0.944 bits per heavy atom. The highest BCUT2D eigenvalue weighted by atomic mass is 79.9. The molecule has 0 aromatic heterocycles. The first-order chi connectivity index (χ1) is 17.2. The Hall–Kier alpha value is -2.70. The van der Waals surface area contributed by atoms with Gasteiger partial charge in [0.25, 0.3) is 0 Å². The summed E-state index contributed by atoms with van der Waals surface area (Å²) >= 11 is 7.43. The highest BCUT2D eigenvalue weighted by molar-refractivity contribution is 9.11. The number of halogens is 2. The lowest BCUT2D eigenvalue weighted by Crippen LogP contribution is -2.14. The molecular weight excluding hydrogens is 584 g/mol. The maximum atomic E-state index is 13.3. The summed E-state index contributed by atoms with van der Waals surface area (Å²) in [5.74, 6) is -0.475. The van der Waals surface area contributed by atoms with E-state index in [9.17, 15) is 9.59 Å². The van der Waals surface area contributed by atoms with Crippen LogP contribution in [0.25, 0.3) is 43.1 Å². The van der Waals surface area contributed by atoms with E-state index in [0.29, 0.717) is 29.7 Å². The predicted octanol–water partition coefficient (Wildman–Crippen LogP) is 8.89. The van der Waals surface area contributed by atoms with Gasteiger partial charge in [-0.1, -0.05) is 83.8 Å². The molecule has 5 aromatic rings. The van der Waals surface area contributed by atoms with Crippen LogP contribution in [0.3, 0.4) is 0 Å². The Balaban J connectivity index is 1.89. The molecule has 184 valence electrons. The zero-order chi connectivity index (χ0) is 25.7. The standard InChI is InChI=1S/C30H26Br2O4/c1-15(2)13-35-29(33)21-7-5-17-19-9-11-23(31)28-24(32)12-10-20(26(19)28)18-6-8-22(27(21)25(17)18)30(34)36-14-16(3)4/h5-12,15-16H,13-14H2,1-4H3. The van der Waals surface area contributed by atoms with E-state index in [4.69, 9.17) is 9.47 Å². The van der Waals surface area contributed by atoms with E-state index in [-0.39, 0.29) is 11.8 Å². The number of benzene rings is 5. The molecule has 0 bridgehead atoms. The van der Waals surface area contributed by atoms with Crippen molar-refractivity contribution in [3.63, 3.8) is 0 Å². The molecule has 0 unspecified atom stereocenters. The van der Waals surface area contributed by atoms with E-state index in [1.165, 1.54) is 0 Å². The van der Waals surface area contributed by atoms with Crippen molar-refractivity contribution in [1.29, 1.82) is 0 Å². The van der Waals surface area contributed by atoms with E-state index in [1.54, 1.807) is 12.1 Å². The third-order valence-corrected chi connectivity index (χ3v) is 7.66. The summed E-state index contributed by atoms with van der Waals surface area (Å²) in [5, 5.41) is 7.71. The number of hydrogen-bond donors (Lipinski definition) is 0. The van der Waals surface area contributed by atoms with Crippen molar-refractivity contribution in [2.45, 2.75) is 27.7 Å². The first-order valence-corrected chi connectivity index (χ1v) is 13.6. The van der Waals surface area contributed by atoms with Crippen LogP contribution < -0.4 is 0 Å². The third kappa shape index (κ3) is 4.14. The maximum absolute atomic E-state index is 13.3. The second-order valence-corrected chi connectivity index (χ2v) is 11.7. The summed E-state index contributed by atoms with van der Waals surface area (Å²) in [4.78, 5) is 26.5. The lowest BCUT2D eigenvalue weighted by atomic mass is 9.86. The van der Waals surface area contributed by atoms with Gasteiger partial charge in [0, 0.05) is 19.7 Å². The number of ether oxygens (including phenoxy) is 2. The first-order valence-electron chi connectivity index (χ1n) is 12.0. The van der Waals surface area contributed by atoms with Crippen LogP contribution in [0.4, 0.5) is 0 Å². The Labute approximate surface area is 226 Å². The molecular formula is C30H26Br2O4. The summed E-state index contributed by atoms with van der Waals surface area (Å²) < 4.78 is 13.2. The summed E-state index contributed by atoms with van der Waals surface area (Å²) in [7, 11) is 0. The zero-order valence-corrected chi connectivity index (χ0v) is 23.7. The largest absolute Gasteiger partial charge is 0.462 e. The number of esters is 2. The van der Waals surface area contributed by atoms with Crippen LogP contribution in [0.1, 0.15) is 48.4 Å². The fraction of sp³-hybridized carbons (Fsp3) is 0.267. The molecule has 0 radical (unpaired) electrons. The molecule has 0 spiro atoms. The summed E-state index contributed by atoms with van der Waals surface area (Å²) in [6.45, 7) is 8.58. The van der Waals surface area contributed by atoms with Crippen molar-refractivity contribution < 1.29 is 19.1 Å². The van der Waals surface area contributed by atoms with Crippen molar-refractivity contribution in [2.24, 2.45) is 11.8 Å². The zero-order valence-electron chi connectivity index (χ0n) is 20.6. The molecule has 0 N–H and O–H groups in total. The SMILES string of the molecule is CC(C)COC(=O)c1ccc2c3ccc(Br)c4c(Br)ccc(c5ccc(C(=O)OCC(C)C)c1c25)c43. The van der Waals surface area contributed by atoms with Crippen molar-refractivity contribution in [1.82, 2.24) is 0 Å². The molecule has 0 saturated carbocycles. The first kappa shape index (κ1) is 25.0. The van der Waals surface area contributed by atoms with Gasteiger partial charge in [-0.25, -0.2) is 9.59 Å². The average Bonchev–Trinajstić information content (AvgIpc) is 2.85. The molecule has 0 saturated heterocycles. The van der Waals surface area contributed by atoms with Crippen LogP contribution in [0.5, 0.6) is 0 Å². The molecule has 5 aromatic carbocycles. The van der Waals surface area contributed by atoms with Crippen LogP contribution in [0.2, 0.25) is 0 Å². The minimum Gasteiger partial charge on any atom is -0.462 e. The molecule has 0 atom stereocenters. The second kappa shape index (κ2) is 9.64. The molecule has 6 heteroatoms. The number of carbonyl (C=O) groups is 2. The number of hydrogen-bond acceptors (Lipinski definition) is 4. The van der Waals surface area contributed by atoms with Crippen LogP contribution in [-0.4, -0.2) is 25.2 Å². The van der Waals surface area contributed by atoms with Crippen molar-refractivity contribution in [3.8, 4) is 0 Å². The van der Waals surface area contributed by atoms with Gasteiger partial charge in [0.15, 0.2) is 0 Å². The van der Waals surface area contributed by atoms with Crippen LogP contribution >= 0.6 is 31.9 Å². The minimum atomic E-state index is -0.437. The van der Waals surface area contributed by atoms with E-state index in [0.717, 1.165) is 46.6 Å². The van der Waals surface area contributed by atoms with E-state index in [2.05, 4.69) is 44.0 Å². The van der Waals surface area contributed by atoms with Crippen molar-refractivity contribution in [3.05, 3.63) is 68.6 Å². The van der Waals surface area contributed by atoms with Gasteiger partial charge in [-0.3, -0.25) is 0 Å². The number of fused-ring (bicyclic) bond motifs is 2. The Morgan fingerprint density at radius 1 is 0.583 bits per heavy atom. The molecule has 0 aliphatic heterocycles. The number of carbonyl (C=O) groups excluding carboxylic acids is 2. The molecule has 0 amide bonds. The van der Waals surface area contributed by atoms with Crippen LogP contribution in [0.15, 0.2) is 57.5 Å². The van der Waals surface area contributed by atoms with Crippen LogP contribution in [-0.2, 0) is 9.47 Å². The number of rotatable bonds is 6. The van der Waals surface area contributed by atoms with Gasteiger partial charge in [-0.05, 0) is 68.4 Å². The van der Waals surface area contributed by atoms with E-state index in [1.807, 2.05) is 52.0 Å². The molecule has 0 aliphatic carbocycles. The highest BCUT2D eigenvalue weighted by Gasteiger charge is 2.24. The van der Waals surface area contributed by atoms with Gasteiger partial charge in [0.2, 0.25) is 0 Å². The third-order valence-electron chi connectivity index (χ3n) is 6.34. The average molecular weight is 610 g/mol. The minimum absolute atomic E-state index is 0.200. The molecule has 36 heavy (non-hydrogen) atoms. The van der Waals surface area contributed by atoms with Crippen molar-refractivity contribution in [2.75, 3.05) is 13.2 Å². The Morgan fingerprint density at radius 3 is 1.33 bits per heavy atom. The second-order valence-electron chi connectivity index (χ2n) is 10.00. The molecule has 0 aliphatic rings. The Kier molecular flexibility index (Phi) is 6.69. The molecule has 0 heterocycles. The normalized spacial score (nSPS) is 12.0. The monoisotopic (exact) mass is 608 g/mol. The molecule has 5 rings (SSSR count). The fourth-order valence-corrected chi connectivity index (χ4v) is 6.14. The van der Waals surface area contributed by atoms with Gasteiger partial charge < -0.3 is 9.47 Å². The van der Waals surface area contributed by atoms with Gasteiger partial charge in [0.1, 0.15) is 0 Å². The Bertz CT molecular complexity index is 1540. The lowest BCUT2D eigenvalue weighted by molar-refractivity contribution is 0.0461. The van der Waals surface area contributed by atoms with Gasteiger partial charge in [-0.2, -0.15) is 0 Å². The van der Waals surface area contributed by atoms with Gasteiger partial charge in [0.05, 0.1) is 24.3 Å². The van der Waals surface area contributed by atoms with E-state index < -0.39 is 11.9 Å². The van der Waals surface area contributed by atoms with Crippen molar-refractivity contribution >= 4 is 86.9 Å². The highest BCUT2D eigenvalue weighted by Crippen LogP contribution is 2.45. The summed E-state index contributed by atoms with van der Waals surface area (Å²) in [6.07, 6.45) is 0. The van der Waals surface area contributed by atoms with Gasteiger partial charge in [-0.15, -0.1) is 0 Å². The topological polar surface area (TPSA) is 52.6 Å². The molecule has 0 fully saturated rings. The quantitative estimate of drug-likeness (QED) is 0.110. The smallest absolute Gasteiger partial charge is 0.338 e.